The minimum absolute atomic E-state index is 0.00138. The van der Waals surface area contributed by atoms with Crippen LogP contribution in [0.5, 0.6) is 5.75 Å². The summed E-state index contributed by atoms with van der Waals surface area (Å²) in [5.41, 5.74) is 0.560. The Morgan fingerprint density at radius 2 is 2.19 bits per heavy atom. The zero-order valence-electron chi connectivity index (χ0n) is 13.7. The number of nitrogens with zero attached hydrogens (tertiary/aromatic N) is 2. The number of alkyl halides is 2. The first-order chi connectivity index (χ1) is 12.8. The van der Waals surface area contributed by atoms with E-state index >= 15 is 0 Å². The van der Waals surface area contributed by atoms with Crippen LogP contribution in [-0.4, -0.2) is 42.7 Å². The van der Waals surface area contributed by atoms with Crippen molar-refractivity contribution in [2.45, 2.75) is 16.3 Å². The fraction of sp³-hybridized carbons (Fsp3) is 0.200. The largest absolute Gasteiger partial charge is 0.483 e. The van der Waals surface area contributed by atoms with Gasteiger partial charge in [0, 0.05) is 22.1 Å². The maximum absolute atomic E-state index is 12.7. The third-order valence-electron chi connectivity index (χ3n) is 3.40. The highest BCUT2D eigenvalue weighted by Gasteiger charge is 2.21. The quantitative estimate of drug-likeness (QED) is 0.434. The van der Waals surface area contributed by atoms with Crippen molar-refractivity contribution in [3.8, 4) is 5.75 Å². The molecule has 0 aliphatic heterocycles. The van der Waals surface area contributed by atoms with Gasteiger partial charge in [-0.05, 0) is 24.5 Å². The average molecular weight is 435 g/mol. The number of sulfonamides is 1. The van der Waals surface area contributed by atoms with E-state index in [4.69, 9.17) is 16.3 Å². The molecule has 2 heterocycles. The number of thioether (sulfide) groups is 1. The van der Waals surface area contributed by atoms with Gasteiger partial charge in [0.1, 0.15) is 16.5 Å². The lowest BCUT2D eigenvalue weighted by Crippen LogP contribution is -2.15. The van der Waals surface area contributed by atoms with Gasteiger partial charge in [-0.3, -0.25) is 0 Å². The highest BCUT2D eigenvalue weighted by molar-refractivity contribution is 7.98. The van der Waals surface area contributed by atoms with Crippen LogP contribution in [0.15, 0.2) is 40.5 Å². The standard InChI is InChI=1S/C15H13ClF2N4O3S2/c1-26-14-11(25-7-13(17)18)5-20-15(21-14)22-27(23,24)12-6-19-10-4-8(16)2-3-9(10)12/h2-6,13,19H,7H2,1H3,(H,20,21,22). The first-order valence-electron chi connectivity index (χ1n) is 7.41. The maximum atomic E-state index is 12.7. The molecule has 0 aliphatic carbocycles. The molecular weight excluding hydrogens is 422 g/mol. The van der Waals surface area contributed by atoms with Gasteiger partial charge in [-0.1, -0.05) is 11.6 Å². The third-order valence-corrected chi connectivity index (χ3v) is 5.68. The van der Waals surface area contributed by atoms with Gasteiger partial charge in [0.15, 0.2) is 5.75 Å². The lowest BCUT2D eigenvalue weighted by molar-refractivity contribution is 0.0800. The second-order valence-corrected chi connectivity index (χ2v) is 8.10. The molecule has 2 aromatic heterocycles. The Hall–Kier alpha value is -2.11. The zero-order valence-corrected chi connectivity index (χ0v) is 16.1. The molecule has 0 saturated carbocycles. The zero-order chi connectivity index (χ0) is 19.6. The number of fused-ring (bicyclic) bond motifs is 1. The summed E-state index contributed by atoms with van der Waals surface area (Å²) in [6, 6.07) is 4.76. The molecule has 3 rings (SSSR count). The highest BCUT2D eigenvalue weighted by atomic mass is 35.5. The number of ether oxygens (including phenoxy) is 1. The van der Waals surface area contributed by atoms with Gasteiger partial charge in [-0.15, -0.1) is 11.8 Å². The second-order valence-electron chi connectivity index (χ2n) is 5.22. The Labute approximate surface area is 162 Å². The van der Waals surface area contributed by atoms with Crippen LogP contribution in [0.4, 0.5) is 14.7 Å². The fourth-order valence-electron chi connectivity index (χ4n) is 2.27. The van der Waals surface area contributed by atoms with E-state index in [0.717, 1.165) is 18.0 Å². The average Bonchev–Trinajstić information content (AvgIpc) is 3.04. The van der Waals surface area contributed by atoms with Crippen molar-refractivity contribution in [1.82, 2.24) is 15.0 Å². The second kappa shape index (κ2) is 7.87. The summed E-state index contributed by atoms with van der Waals surface area (Å²) < 4.78 is 57.1. The van der Waals surface area contributed by atoms with E-state index < -0.39 is 23.1 Å². The van der Waals surface area contributed by atoms with E-state index in [-0.39, 0.29) is 21.6 Å². The van der Waals surface area contributed by atoms with E-state index in [1.807, 2.05) is 0 Å². The molecule has 12 heteroatoms. The number of hydrogen-bond donors (Lipinski definition) is 2. The molecule has 3 aromatic rings. The molecule has 0 fully saturated rings. The summed E-state index contributed by atoms with van der Waals surface area (Å²) in [6.07, 6.45) is 1.49. The molecule has 0 spiro atoms. The molecule has 0 saturated heterocycles. The van der Waals surface area contributed by atoms with E-state index in [1.54, 1.807) is 24.5 Å². The van der Waals surface area contributed by atoms with E-state index in [2.05, 4.69) is 19.7 Å². The van der Waals surface area contributed by atoms with Crippen molar-refractivity contribution in [3.63, 3.8) is 0 Å². The number of anilines is 1. The van der Waals surface area contributed by atoms with Crippen molar-refractivity contribution in [1.29, 1.82) is 0 Å². The number of aromatic nitrogens is 3. The smallest absolute Gasteiger partial charge is 0.272 e. The number of hydrogen-bond acceptors (Lipinski definition) is 6. The predicted molar refractivity (Wildman–Crippen MR) is 99.4 cm³/mol. The van der Waals surface area contributed by atoms with Gasteiger partial charge < -0.3 is 9.72 Å². The Morgan fingerprint density at radius 1 is 1.41 bits per heavy atom. The molecule has 27 heavy (non-hydrogen) atoms. The van der Waals surface area contributed by atoms with Gasteiger partial charge in [-0.25, -0.2) is 31.9 Å². The SMILES string of the molecule is CSc1nc(NS(=O)(=O)c2c[nH]c3cc(Cl)ccc23)ncc1OCC(F)F. The van der Waals surface area contributed by atoms with Crippen molar-refractivity contribution in [3.05, 3.63) is 35.6 Å². The maximum Gasteiger partial charge on any atom is 0.272 e. The molecule has 0 amide bonds. The Balaban J connectivity index is 1.88. The van der Waals surface area contributed by atoms with Crippen molar-refractivity contribution in [2.24, 2.45) is 0 Å². The van der Waals surface area contributed by atoms with Crippen LogP contribution in [0.1, 0.15) is 0 Å². The van der Waals surface area contributed by atoms with Crippen LogP contribution in [0, 0.1) is 0 Å². The third kappa shape index (κ3) is 4.42. The Bertz CT molecular complexity index is 1080. The Morgan fingerprint density at radius 3 is 2.89 bits per heavy atom. The first kappa shape index (κ1) is 19.6. The lowest BCUT2D eigenvalue weighted by Gasteiger charge is -2.11. The predicted octanol–water partition coefficient (Wildman–Crippen LogP) is 3.78. The highest BCUT2D eigenvalue weighted by Crippen LogP contribution is 2.29. The molecule has 144 valence electrons. The van der Waals surface area contributed by atoms with E-state index in [9.17, 15) is 17.2 Å². The van der Waals surface area contributed by atoms with E-state index in [0.29, 0.717) is 15.9 Å². The van der Waals surface area contributed by atoms with Crippen LogP contribution in [0.25, 0.3) is 10.9 Å². The summed E-state index contributed by atoms with van der Waals surface area (Å²) in [5, 5.41) is 1.15. The van der Waals surface area contributed by atoms with Gasteiger partial charge >= 0.3 is 0 Å². The number of aromatic amines is 1. The molecule has 0 aliphatic rings. The summed E-state index contributed by atoms with van der Waals surface area (Å²) in [6.45, 7) is -0.806. The summed E-state index contributed by atoms with van der Waals surface area (Å²) in [4.78, 5) is 10.7. The number of H-pyrrole nitrogens is 1. The number of nitrogens with one attached hydrogen (secondary N) is 2. The number of benzene rings is 1. The molecule has 1 aromatic carbocycles. The fourth-order valence-corrected chi connectivity index (χ4v) is 4.06. The number of halogens is 3. The van der Waals surface area contributed by atoms with Crippen molar-refractivity contribution in [2.75, 3.05) is 17.6 Å². The van der Waals surface area contributed by atoms with Gasteiger partial charge in [0.25, 0.3) is 16.4 Å². The summed E-state index contributed by atoms with van der Waals surface area (Å²) in [5.74, 6) is -0.153. The van der Waals surface area contributed by atoms with Crippen LogP contribution < -0.4 is 9.46 Å². The molecular formula is C15H13ClF2N4O3S2. The first-order valence-corrected chi connectivity index (χ1v) is 10.5. The van der Waals surface area contributed by atoms with Crippen LogP contribution in [-0.2, 0) is 10.0 Å². The normalized spacial score (nSPS) is 11.9. The van der Waals surface area contributed by atoms with Gasteiger partial charge in [0.2, 0.25) is 5.95 Å². The van der Waals surface area contributed by atoms with Crippen LogP contribution in [0.3, 0.4) is 0 Å². The molecule has 0 atom stereocenters. The molecule has 0 radical (unpaired) electrons. The molecule has 7 nitrogen and oxygen atoms in total. The minimum Gasteiger partial charge on any atom is -0.483 e. The molecule has 2 N–H and O–H groups in total. The monoisotopic (exact) mass is 434 g/mol. The summed E-state index contributed by atoms with van der Waals surface area (Å²) in [7, 11) is -3.99. The topological polar surface area (TPSA) is 97.0 Å². The van der Waals surface area contributed by atoms with Crippen molar-refractivity contribution >= 4 is 50.2 Å². The summed E-state index contributed by atoms with van der Waals surface area (Å²) >= 11 is 7.01. The van der Waals surface area contributed by atoms with Crippen LogP contribution >= 0.6 is 23.4 Å². The van der Waals surface area contributed by atoms with Crippen LogP contribution in [0.2, 0.25) is 5.02 Å². The van der Waals surface area contributed by atoms with Gasteiger partial charge in [-0.2, -0.15) is 0 Å². The molecule has 0 bridgehead atoms. The van der Waals surface area contributed by atoms with Crippen molar-refractivity contribution < 1.29 is 21.9 Å². The van der Waals surface area contributed by atoms with Gasteiger partial charge in [0.05, 0.1) is 6.20 Å². The Kier molecular flexibility index (Phi) is 5.72. The minimum atomic E-state index is -3.99. The van der Waals surface area contributed by atoms with E-state index in [1.165, 1.54) is 6.20 Å². The lowest BCUT2D eigenvalue weighted by atomic mass is 10.2. The molecule has 0 unspecified atom stereocenters. The number of rotatable bonds is 7.